The number of nitrogens with one attached hydrogen (secondary N) is 1. The molecular formula is C17H21ClN4O. The van der Waals surface area contributed by atoms with Crippen molar-refractivity contribution in [3.63, 3.8) is 0 Å². The SMILES string of the molecule is CCN(CCc1ccncc1)CC(=O)Nc1cc(N)ccc1Cl. The van der Waals surface area contributed by atoms with Gasteiger partial charge in [0.1, 0.15) is 0 Å². The fraction of sp³-hybridized carbons (Fsp3) is 0.294. The third kappa shape index (κ3) is 5.54. The van der Waals surface area contributed by atoms with Crippen LogP contribution in [0.2, 0.25) is 5.02 Å². The number of carbonyl (C=O) groups is 1. The molecule has 2 rings (SSSR count). The van der Waals surface area contributed by atoms with Gasteiger partial charge in [0.2, 0.25) is 5.91 Å². The van der Waals surface area contributed by atoms with Crippen LogP contribution in [0.15, 0.2) is 42.7 Å². The van der Waals surface area contributed by atoms with Crippen LogP contribution in [-0.4, -0.2) is 35.4 Å². The Hall–Kier alpha value is -2.11. The Morgan fingerprint density at radius 3 is 2.74 bits per heavy atom. The zero-order valence-corrected chi connectivity index (χ0v) is 13.9. The average molecular weight is 333 g/mol. The van der Waals surface area contributed by atoms with E-state index < -0.39 is 0 Å². The fourth-order valence-corrected chi connectivity index (χ4v) is 2.38. The number of pyridine rings is 1. The molecule has 0 saturated carbocycles. The second-order valence-electron chi connectivity index (χ2n) is 5.26. The van der Waals surface area contributed by atoms with Gasteiger partial charge in [-0.2, -0.15) is 0 Å². The molecule has 5 nitrogen and oxygen atoms in total. The Bertz CT molecular complexity index is 648. The lowest BCUT2D eigenvalue weighted by Gasteiger charge is -2.20. The molecule has 0 saturated heterocycles. The van der Waals surface area contributed by atoms with Crippen molar-refractivity contribution >= 4 is 28.9 Å². The second kappa shape index (κ2) is 8.50. The molecule has 0 fully saturated rings. The Morgan fingerprint density at radius 1 is 1.30 bits per heavy atom. The van der Waals surface area contributed by atoms with Crippen molar-refractivity contribution < 1.29 is 4.79 Å². The van der Waals surface area contributed by atoms with Crippen LogP contribution in [0.5, 0.6) is 0 Å². The van der Waals surface area contributed by atoms with Crippen molar-refractivity contribution in [1.82, 2.24) is 9.88 Å². The minimum atomic E-state index is -0.103. The molecule has 122 valence electrons. The largest absolute Gasteiger partial charge is 0.399 e. The molecule has 1 aromatic carbocycles. The lowest BCUT2D eigenvalue weighted by atomic mass is 10.2. The van der Waals surface area contributed by atoms with Gasteiger partial charge in [-0.25, -0.2) is 0 Å². The first-order valence-electron chi connectivity index (χ1n) is 7.54. The van der Waals surface area contributed by atoms with E-state index in [1.54, 1.807) is 30.6 Å². The predicted molar refractivity (Wildman–Crippen MR) is 94.5 cm³/mol. The average Bonchev–Trinajstić information content (AvgIpc) is 2.55. The van der Waals surface area contributed by atoms with E-state index in [2.05, 4.69) is 15.2 Å². The molecule has 1 aromatic heterocycles. The summed E-state index contributed by atoms with van der Waals surface area (Å²) in [5.74, 6) is -0.103. The maximum Gasteiger partial charge on any atom is 0.238 e. The van der Waals surface area contributed by atoms with Crippen molar-refractivity contribution in [2.75, 3.05) is 30.7 Å². The number of carbonyl (C=O) groups excluding carboxylic acids is 1. The van der Waals surface area contributed by atoms with E-state index in [9.17, 15) is 4.79 Å². The zero-order chi connectivity index (χ0) is 16.7. The Kier molecular flexibility index (Phi) is 6.38. The number of rotatable bonds is 7. The third-order valence-corrected chi connectivity index (χ3v) is 3.87. The van der Waals surface area contributed by atoms with Crippen LogP contribution < -0.4 is 11.1 Å². The molecule has 23 heavy (non-hydrogen) atoms. The summed E-state index contributed by atoms with van der Waals surface area (Å²) in [6, 6.07) is 9.01. The van der Waals surface area contributed by atoms with Gasteiger partial charge in [-0.1, -0.05) is 18.5 Å². The summed E-state index contributed by atoms with van der Waals surface area (Å²) in [5, 5.41) is 3.29. The van der Waals surface area contributed by atoms with Crippen molar-refractivity contribution in [1.29, 1.82) is 0 Å². The van der Waals surface area contributed by atoms with E-state index in [-0.39, 0.29) is 5.91 Å². The molecular weight excluding hydrogens is 312 g/mol. The van der Waals surface area contributed by atoms with Crippen LogP contribution in [0.25, 0.3) is 0 Å². The number of benzene rings is 1. The lowest BCUT2D eigenvalue weighted by Crippen LogP contribution is -2.34. The first-order valence-corrected chi connectivity index (χ1v) is 7.92. The quantitative estimate of drug-likeness (QED) is 0.765. The van der Waals surface area contributed by atoms with Gasteiger partial charge in [0, 0.05) is 24.6 Å². The van der Waals surface area contributed by atoms with Crippen LogP contribution in [-0.2, 0) is 11.2 Å². The van der Waals surface area contributed by atoms with E-state index in [0.29, 0.717) is 22.9 Å². The van der Waals surface area contributed by atoms with E-state index in [0.717, 1.165) is 19.5 Å². The number of nitrogens with zero attached hydrogens (tertiary/aromatic N) is 2. The highest BCUT2D eigenvalue weighted by Gasteiger charge is 2.11. The standard InChI is InChI=1S/C17H21ClN4O/c1-2-22(10-7-13-5-8-20-9-6-13)12-17(23)21-16-11-14(19)3-4-15(16)18/h3-6,8-9,11H,2,7,10,12,19H2,1H3,(H,21,23). The number of anilines is 2. The maximum atomic E-state index is 12.2. The predicted octanol–water partition coefficient (Wildman–Crippen LogP) is 2.82. The summed E-state index contributed by atoms with van der Waals surface area (Å²) in [4.78, 5) is 18.3. The van der Waals surface area contributed by atoms with Gasteiger partial charge in [-0.3, -0.25) is 14.7 Å². The number of hydrogen-bond acceptors (Lipinski definition) is 4. The van der Waals surface area contributed by atoms with Crippen molar-refractivity contribution in [3.8, 4) is 0 Å². The Morgan fingerprint density at radius 2 is 2.04 bits per heavy atom. The van der Waals surface area contributed by atoms with Crippen LogP contribution >= 0.6 is 11.6 Å². The number of likely N-dealkylation sites (N-methyl/N-ethyl adjacent to an activating group) is 1. The molecule has 2 aromatic rings. The molecule has 0 bridgehead atoms. The molecule has 1 heterocycles. The molecule has 0 unspecified atom stereocenters. The van der Waals surface area contributed by atoms with Gasteiger partial charge >= 0.3 is 0 Å². The molecule has 0 spiro atoms. The number of halogens is 1. The Balaban J connectivity index is 1.88. The number of nitrogens with two attached hydrogens (primary N) is 1. The molecule has 6 heteroatoms. The zero-order valence-electron chi connectivity index (χ0n) is 13.1. The first kappa shape index (κ1) is 17.2. The van der Waals surface area contributed by atoms with Gasteiger partial charge in [0.25, 0.3) is 0 Å². The number of amides is 1. The van der Waals surface area contributed by atoms with Crippen LogP contribution in [0.4, 0.5) is 11.4 Å². The summed E-state index contributed by atoms with van der Waals surface area (Å²) in [7, 11) is 0. The van der Waals surface area contributed by atoms with Gasteiger partial charge in [0.15, 0.2) is 0 Å². The maximum absolute atomic E-state index is 12.2. The van der Waals surface area contributed by atoms with Gasteiger partial charge in [-0.15, -0.1) is 0 Å². The smallest absolute Gasteiger partial charge is 0.238 e. The number of nitrogen functional groups attached to an aromatic ring is 1. The monoisotopic (exact) mass is 332 g/mol. The van der Waals surface area contributed by atoms with Gasteiger partial charge in [0.05, 0.1) is 17.3 Å². The molecule has 0 atom stereocenters. The number of hydrogen-bond donors (Lipinski definition) is 2. The highest BCUT2D eigenvalue weighted by atomic mass is 35.5. The molecule has 0 aliphatic carbocycles. The van der Waals surface area contributed by atoms with Gasteiger partial charge < -0.3 is 11.1 Å². The minimum absolute atomic E-state index is 0.103. The molecule has 0 radical (unpaired) electrons. The summed E-state index contributed by atoms with van der Waals surface area (Å²) in [5.41, 5.74) is 8.03. The summed E-state index contributed by atoms with van der Waals surface area (Å²) >= 11 is 6.06. The number of aromatic nitrogens is 1. The van der Waals surface area contributed by atoms with E-state index in [1.165, 1.54) is 5.56 Å². The molecule has 1 amide bonds. The highest BCUT2D eigenvalue weighted by Crippen LogP contribution is 2.23. The third-order valence-electron chi connectivity index (χ3n) is 3.54. The molecule has 3 N–H and O–H groups in total. The lowest BCUT2D eigenvalue weighted by molar-refractivity contribution is -0.117. The highest BCUT2D eigenvalue weighted by molar-refractivity contribution is 6.33. The Labute approximate surface area is 141 Å². The fourth-order valence-electron chi connectivity index (χ4n) is 2.22. The summed E-state index contributed by atoms with van der Waals surface area (Å²) in [6.07, 6.45) is 4.43. The molecule has 0 aliphatic rings. The van der Waals surface area contributed by atoms with Crippen LogP contribution in [0.1, 0.15) is 12.5 Å². The van der Waals surface area contributed by atoms with Crippen molar-refractivity contribution in [2.24, 2.45) is 0 Å². The van der Waals surface area contributed by atoms with Crippen LogP contribution in [0.3, 0.4) is 0 Å². The summed E-state index contributed by atoms with van der Waals surface area (Å²) in [6.45, 7) is 3.95. The first-order chi connectivity index (χ1) is 11.1. The second-order valence-corrected chi connectivity index (χ2v) is 5.67. The normalized spacial score (nSPS) is 10.7. The van der Waals surface area contributed by atoms with E-state index in [1.807, 2.05) is 19.1 Å². The minimum Gasteiger partial charge on any atom is -0.399 e. The summed E-state index contributed by atoms with van der Waals surface area (Å²) < 4.78 is 0. The molecule has 0 aliphatic heterocycles. The van der Waals surface area contributed by atoms with E-state index >= 15 is 0 Å². The van der Waals surface area contributed by atoms with Crippen molar-refractivity contribution in [3.05, 3.63) is 53.3 Å². The van der Waals surface area contributed by atoms with Crippen LogP contribution in [0, 0.1) is 0 Å². The van der Waals surface area contributed by atoms with E-state index in [4.69, 9.17) is 17.3 Å². The van der Waals surface area contributed by atoms with Crippen molar-refractivity contribution in [2.45, 2.75) is 13.3 Å². The topological polar surface area (TPSA) is 71.2 Å². The van der Waals surface area contributed by atoms with Gasteiger partial charge in [-0.05, 0) is 48.9 Å².